The summed E-state index contributed by atoms with van der Waals surface area (Å²) in [6.07, 6.45) is 0.662. The third-order valence-corrected chi connectivity index (χ3v) is 1.87. The maximum absolute atomic E-state index is 11.5. The molecular formula is C12H17NO3. The summed E-state index contributed by atoms with van der Waals surface area (Å²) in [5, 5.41) is 2.55. The second-order valence-electron chi connectivity index (χ2n) is 2.85. The third kappa shape index (κ3) is 3.82. The highest BCUT2D eigenvalue weighted by Gasteiger charge is 2.08. The van der Waals surface area contributed by atoms with Gasteiger partial charge in [-0.1, -0.05) is 25.6 Å². The van der Waals surface area contributed by atoms with Gasteiger partial charge in [-0.15, -0.1) is 0 Å². The number of ether oxygens (including phenoxy) is 1. The zero-order valence-corrected chi connectivity index (χ0v) is 8.53. The number of nitrogens with one attached hydrogen (secondary N) is 1. The molecule has 0 saturated heterocycles. The zero-order valence-electron chi connectivity index (χ0n) is 8.53. The summed E-state index contributed by atoms with van der Waals surface area (Å²) in [7, 11) is 0. The van der Waals surface area contributed by atoms with Crippen LogP contribution in [0.4, 0.5) is 0 Å². The summed E-state index contributed by atoms with van der Waals surface area (Å²) >= 11 is 0. The Balaban J connectivity index is 0.00000225. The Morgan fingerprint density at radius 2 is 2.12 bits per heavy atom. The highest BCUT2D eigenvalue weighted by atomic mass is 16.5. The van der Waals surface area contributed by atoms with Crippen LogP contribution in [0.5, 0.6) is 0 Å². The van der Waals surface area contributed by atoms with E-state index in [2.05, 4.69) is 5.32 Å². The van der Waals surface area contributed by atoms with Gasteiger partial charge in [-0.05, 0) is 13.0 Å². The minimum atomic E-state index is -0.300. The molecule has 1 aromatic rings. The van der Waals surface area contributed by atoms with Crippen molar-refractivity contribution < 1.29 is 14.3 Å². The molecule has 1 aromatic carbocycles. The molecule has 0 spiro atoms. The van der Waals surface area contributed by atoms with Crippen LogP contribution >= 0.6 is 0 Å². The molecule has 0 bridgehead atoms. The van der Waals surface area contributed by atoms with E-state index in [1.165, 1.54) is 0 Å². The highest BCUT2D eigenvalue weighted by Crippen LogP contribution is 2.05. The molecule has 1 amide bonds. The fourth-order valence-corrected chi connectivity index (χ4v) is 1.12. The lowest BCUT2D eigenvalue weighted by atomic mass is 10.1. The molecule has 0 saturated carbocycles. The molecule has 16 heavy (non-hydrogen) atoms. The van der Waals surface area contributed by atoms with Crippen molar-refractivity contribution >= 4 is 12.2 Å². The van der Waals surface area contributed by atoms with E-state index in [4.69, 9.17) is 4.74 Å². The van der Waals surface area contributed by atoms with E-state index in [9.17, 15) is 9.59 Å². The first kappa shape index (κ1) is 14.3. The van der Waals surface area contributed by atoms with E-state index >= 15 is 0 Å². The van der Waals surface area contributed by atoms with Crippen molar-refractivity contribution in [1.82, 2.24) is 5.32 Å². The van der Waals surface area contributed by atoms with Gasteiger partial charge in [0.25, 0.3) is 5.91 Å². The van der Waals surface area contributed by atoms with Gasteiger partial charge in [0.15, 0.2) is 6.29 Å². The highest BCUT2D eigenvalue weighted by molar-refractivity contribution is 6.01. The van der Waals surface area contributed by atoms with Crippen LogP contribution in [0.15, 0.2) is 24.3 Å². The fourth-order valence-electron chi connectivity index (χ4n) is 1.12. The Hall–Kier alpha value is -1.68. The van der Waals surface area contributed by atoms with Crippen molar-refractivity contribution in [2.24, 2.45) is 0 Å². The lowest BCUT2D eigenvalue weighted by molar-refractivity contribution is 0.0814. The Labute approximate surface area is 95.6 Å². The van der Waals surface area contributed by atoms with Crippen molar-refractivity contribution in [3.8, 4) is 0 Å². The molecule has 0 aliphatic heterocycles. The van der Waals surface area contributed by atoms with Crippen molar-refractivity contribution in [2.45, 2.75) is 14.4 Å². The van der Waals surface area contributed by atoms with Gasteiger partial charge in [-0.3, -0.25) is 9.59 Å². The first-order valence-electron chi connectivity index (χ1n) is 4.69. The SMILES string of the molecule is C.CCOCNC(=O)c1ccccc1C=O. The van der Waals surface area contributed by atoms with Crippen LogP contribution in [0.1, 0.15) is 35.1 Å². The van der Waals surface area contributed by atoms with Crippen molar-refractivity contribution in [1.29, 1.82) is 0 Å². The van der Waals surface area contributed by atoms with Crippen LogP contribution in [0.25, 0.3) is 0 Å². The second kappa shape index (κ2) is 7.59. The largest absolute Gasteiger partial charge is 0.362 e. The average Bonchev–Trinajstić information content (AvgIpc) is 2.29. The summed E-state index contributed by atoms with van der Waals surface area (Å²) in [6, 6.07) is 6.62. The van der Waals surface area contributed by atoms with E-state index in [0.717, 1.165) is 0 Å². The Kier molecular flexibility index (Phi) is 6.79. The van der Waals surface area contributed by atoms with Gasteiger partial charge in [0.1, 0.15) is 6.73 Å². The second-order valence-corrected chi connectivity index (χ2v) is 2.85. The number of aldehydes is 1. The number of hydrogen-bond donors (Lipinski definition) is 1. The molecule has 0 fully saturated rings. The molecule has 4 nitrogen and oxygen atoms in total. The minimum absolute atomic E-state index is 0. The summed E-state index contributed by atoms with van der Waals surface area (Å²) in [6.45, 7) is 2.53. The van der Waals surface area contributed by atoms with Crippen LogP contribution in [-0.2, 0) is 4.74 Å². The molecule has 0 aliphatic rings. The van der Waals surface area contributed by atoms with Gasteiger partial charge in [-0.2, -0.15) is 0 Å². The van der Waals surface area contributed by atoms with Gasteiger partial charge in [0.2, 0.25) is 0 Å². The quantitative estimate of drug-likeness (QED) is 0.471. The first-order valence-corrected chi connectivity index (χ1v) is 4.69. The Morgan fingerprint density at radius 3 is 2.75 bits per heavy atom. The molecule has 0 atom stereocenters. The van der Waals surface area contributed by atoms with Gasteiger partial charge >= 0.3 is 0 Å². The van der Waals surface area contributed by atoms with Crippen molar-refractivity contribution in [3.05, 3.63) is 35.4 Å². The molecule has 4 heteroatoms. The maximum atomic E-state index is 11.5. The van der Waals surface area contributed by atoms with Crippen LogP contribution in [0, 0.1) is 0 Å². The number of benzene rings is 1. The first-order chi connectivity index (χ1) is 7.29. The average molecular weight is 223 g/mol. The van der Waals surface area contributed by atoms with Gasteiger partial charge < -0.3 is 10.1 Å². The van der Waals surface area contributed by atoms with Crippen LogP contribution in [-0.4, -0.2) is 25.5 Å². The van der Waals surface area contributed by atoms with Crippen LogP contribution in [0.2, 0.25) is 0 Å². The molecule has 0 aromatic heterocycles. The Bertz CT molecular complexity index is 350. The number of hydrogen-bond acceptors (Lipinski definition) is 3. The molecule has 1 N–H and O–H groups in total. The number of amides is 1. The summed E-state index contributed by atoms with van der Waals surface area (Å²) in [4.78, 5) is 22.2. The summed E-state index contributed by atoms with van der Waals surface area (Å²) < 4.78 is 4.98. The lowest BCUT2D eigenvalue weighted by Crippen LogP contribution is -2.26. The third-order valence-electron chi connectivity index (χ3n) is 1.87. The number of rotatable bonds is 5. The van der Waals surface area contributed by atoms with Crippen LogP contribution in [0.3, 0.4) is 0 Å². The molecule has 0 radical (unpaired) electrons. The van der Waals surface area contributed by atoms with E-state index < -0.39 is 0 Å². The van der Waals surface area contributed by atoms with E-state index in [-0.39, 0.29) is 20.1 Å². The van der Waals surface area contributed by atoms with Crippen molar-refractivity contribution in [2.75, 3.05) is 13.3 Å². The standard InChI is InChI=1S/C11H13NO3.CH4/c1-2-15-8-12-11(14)10-6-4-3-5-9(10)7-13;/h3-7H,2,8H2,1H3,(H,12,14);1H4. The normalized spacial score (nSPS) is 9.06. The Morgan fingerprint density at radius 1 is 1.44 bits per heavy atom. The van der Waals surface area contributed by atoms with E-state index in [1.807, 2.05) is 6.92 Å². The summed E-state index contributed by atoms with van der Waals surface area (Å²) in [5.41, 5.74) is 0.749. The molecule has 88 valence electrons. The predicted molar refractivity (Wildman–Crippen MR) is 62.5 cm³/mol. The van der Waals surface area contributed by atoms with E-state index in [1.54, 1.807) is 24.3 Å². The lowest BCUT2D eigenvalue weighted by Gasteiger charge is -2.06. The van der Waals surface area contributed by atoms with E-state index in [0.29, 0.717) is 24.0 Å². The molecule has 0 unspecified atom stereocenters. The van der Waals surface area contributed by atoms with Crippen LogP contribution < -0.4 is 5.32 Å². The smallest absolute Gasteiger partial charge is 0.253 e. The van der Waals surface area contributed by atoms with Crippen molar-refractivity contribution in [3.63, 3.8) is 0 Å². The monoisotopic (exact) mass is 223 g/mol. The molecule has 0 aliphatic carbocycles. The molecular weight excluding hydrogens is 206 g/mol. The maximum Gasteiger partial charge on any atom is 0.253 e. The zero-order chi connectivity index (χ0) is 11.1. The van der Waals surface area contributed by atoms with Gasteiger partial charge in [-0.25, -0.2) is 0 Å². The molecule has 1 rings (SSSR count). The summed E-state index contributed by atoms with van der Waals surface area (Å²) in [5.74, 6) is -0.300. The van der Waals surface area contributed by atoms with Gasteiger partial charge in [0.05, 0.1) is 0 Å². The predicted octanol–water partition coefficient (Wildman–Crippen LogP) is 1.86. The minimum Gasteiger partial charge on any atom is -0.362 e. The number of carbonyl (C=O) groups is 2. The van der Waals surface area contributed by atoms with Gasteiger partial charge in [0, 0.05) is 17.7 Å². The number of carbonyl (C=O) groups excluding carboxylic acids is 2. The topological polar surface area (TPSA) is 55.4 Å². The fraction of sp³-hybridized carbons (Fsp3) is 0.333. The molecule has 0 heterocycles.